The molecule has 0 amide bonds. The minimum Gasteiger partial charge on any atom is -0.258 e. The molecule has 0 radical (unpaired) electrons. The van der Waals surface area contributed by atoms with Crippen molar-refractivity contribution in [3.8, 4) is 6.07 Å². The maximum Gasteiger partial charge on any atom is 0.416 e. The molecule has 0 aliphatic carbocycles. The van der Waals surface area contributed by atoms with Crippen LogP contribution in [-0.4, -0.2) is 4.92 Å². The lowest BCUT2D eigenvalue weighted by Gasteiger charge is -2.11. The lowest BCUT2D eigenvalue weighted by atomic mass is 10.0. The summed E-state index contributed by atoms with van der Waals surface area (Å²) >= 11 is 5.30. The number of benzene rings is 1. The highest BCUT2D eigenvalue weighted by molar-refractivity contribution is 6.17. The van der Waals surface area contributed by atoms with Crippen LogP contribution in [0.3, 0.4) is 0 Å². The summed E-state index contributed by atoms with van der Waals surface area (Å²) in [7, 11) is 0. The minimum absolute atomic E-state index is 0.426. The molecule has 0 aliphatic heterocycles. The van der Waals surface area contributed by atoms with E-state index in [1.807, 2.05) is 0 Å². The number of hydrogen-bond acceptors (Lipinski definition) is 3. The molecule has 0 saturated carbocycles. The molecular formula is C9H4ClF3N2O2. The van der Waals surface area contributed by atoms with Gasteiger partial charge in [-0.25, -0.2) is 0 Å². The van der Waals surface area contributed by atoms with Crippen molar-refractivity contribution in [2.24, 2.45) is 0 Å². The lowest BCUT2D eigenvalue weighted by molar-refractivity contribution is -0.385. The van der Waals surface area contributed by atoms with E-state index < -0.39 is 39.4 Å². The van der Waals surface area contributed by atoms with Crippen LogP contribution in [0.25, 0.3) is 0 Å². The summed E-state index contributed by atoms with van der Waals surface area (Å²) in [5, 5.41) is 19.1. The van der Waals surface area contributed by atoms with Gasteiger partial charge in [-0.05, 0) is 11.6 Å². The first kappa shape index (κ1) is 13.3. The van der Waals surface area contributed by atoms with Crippen LogP contribution in [0.4, 0.5) is 18.9 Å². The van der Waals surface area contributed by atoms with Gasteiger partial charge in [0.05, 0.1) is 10.5 Å². The van der Waals surface area contributed by atoms with Crippen LogP contribution in [0.15, 0.2) is 12.1 Å². The zero-order valence-corrected chi connectivity index (χ0v) is 8.84. The molecule has 0 N–H and O–H groups in total. The highest BCUT2D eigenvalue weighted by Crippen LogP contribution is 2.36. The summed E-state index contributed by atoms with van der Waals surface area (Å²) in [5.41, 5.74) is -2.88. The first-order chi connectivity index (χ1) is 7.81. The SMILES string of the molecule is N#Cc1cc(C(F)(F)F)c(CCl)cc1[N+](=O)[O-]. The van der Waals surface area contributed by atoms with E-state index in [9.17, 15) is 23.3 Å². The zero-order valence-electron chi connectivity index (χ0n) is 8.08. The predicted octanol–water partition coefficient (Wildman–Crippen LogP) is 3.22. The van der Waals surface area contributed by atoms with E-state index in [1.54, 1.807) is 0 Å². The van der Waals surface area contributed by atoms with Crippen molar-refractivity contribution in [3.05, 3.63) is 38.9 Å². The van der Waals surface area contributed by atoms with E-state index in [4.69, 9.17) is 16.9 Å². The average Bonchev–Trinajstić information content (AvgIpc) is 2.25. The molecule has 0 fully saturated rings. The molecule has 0 unspecified atom stereocenters. The molecule has 0 saturated heterocycles. The van der Waals surface area contributed by atoms with Gasteiger partial charge in [0.1, 0.15) is 11.6 Å². The molecule has 90 valence electrons. The smallest absolute Gasteiger partial charge is 0.258 e. The molecule has 4 nitrogen and oxygen atoms in total. The molecule has 1 aromatic carbocycles. The molecule has 0 atom stereocenters. The Bertz CT molecular complexity index is 508. The number of rotatable bonds is 2. The van der Waals surface area contributed by atoms with Gasteiger partial charge < -0.3 is 0 Å². The summed E-state index contributed by atoms with van der Waals surface area (Å²) < 4.78 is 37.6. The third-order valence-corrected chi connectivity index (χ3v) is 2.28. The van der Waals surface area contributed by atoms with Crippen molar-refractivity contribution in [2.45, 2.75) is 12.1 Å². The number of nitro groups is 1. The number of nitro benzene ring substituents is 1. The predicted molar refractivity (Wildman–Crippen MR) is 52.4 cm³/mol. The molecule has 0 spiro atoms. The van der Waals surface area contributed by atoms with E-state index in [2.05, 4.69) is 0 Å². The van der Waals surface area contributed by atoms with Gasteiger partial charge in [0.2, 0.25) is 0 Å². The molecular weight excluding hydrogens is 261 g/mol. The van der Waals surface area contributed by atoms with E-state index in [0.717, 1.165) is 0 Å². The number of hydrogen-bond donors (Lipinski definition) is 0. The van der Waals surface area contributed by atoms with Crippen LogP contribution < -0.4 is 0 Å². The van der Waals surface area contributed by atoms with Crippen LogP contribution in [0, 0.1) is 21.4 Å². The summed E-state index contributed by atoms with van der Waals surface area (Å²) in [6.45, 7) is 0. The Hall–Kier alpha value is -1.81. The minimum atomic E-state index is -4.70. The second-order valence-electron chi connectivity index (χ2n) is 3.03. The fourth-order valence-electron chi connectivity index (χ4n) is 1.25. The van der Waals surface area contributed by atoms with Crippen molar-refractivity contribution in [2.75, 3.05) is 0 Å². The Labute approximate surface area is 98.4 Å². The summed E-state index contributed by atoms with van der Waals surface area (Å²) in [6, 6.07) is 2.47. The fraction of sp³-hybridized carbons (Fsp3) is 0.222. The molecule has 1 aromatic rings. The number of nitriles is 1. The van der Waals surface area contributed by atoms with E-state index in [0.29, 0.717) is 12.1 Å². The van der Waals surface area contributed by atoms with Gasteiger partial charge in [0.25, 0.3) is 5.69 Å². The second kappa shape index (κ2) is 4.59. The van der Waals surface area contributed by atoms with Gasteiger partial charge in [0.15, 0.2) is 0 Å². The summed E-state index contributed by atoms with van der Waals surface area (Å²) in [4.78, 5) is 9.62. The Morgan fingerprint density at radius 1 is 1.47 bits per heavy atom. The summed E-state index contributed by atoms with van der Waals surface area (Å²) in [5.74, 6) is -0.526. The molecule has 17 heavy (non-hydrogen) atoms. The van der Waals surface area contributed by atoms with Crippen LogP contribution in [0.1, 0.15) is 16.7 Å². The van der Waals surface area contributed by atoms with Crippen LogP contribution in [-0.2, 0) is 12.1 Å². The van der Waals surface area contributed by atoms with E-state index in [-0.39, 0.29) is 0 Å². The fourth-order valence-corrected chi connectivity index (χ4v) is 1.47. The van der Waals surface area contributed by atoms with Crippen molar-refractivity contribution >= 4 is 17.3 Å². The molecule has 0 bridgehead atoms. The average molecular weight is 265 g/mol. The zero-order chi connectivity index (χ0) is 13.2. The number of alkyl halides is 4. The van der Waals surface area contributed by atoms with Crippen molar-refractivity contribution in [3.63, 3.8) is 0 Å². The van der Waals surface area contributed by atoms with Crippen LogP contribution >= 0.6 is 11.6 Å². The molecule has 0 heterocycles. The normalized spacial score (nSPS) is 11.0. The van der Waals surface area contributed by atoms with E-state index in [1.165, 1.54) is 6.07 Å². The second-order valence-corrected chi connectivity index (χ2v) is 3.29. The third kappa shape index (κ3) is 2.65. The summed E-state index contributed by atoms with van der Waals surface area (Å²) in [6.07, 6.45) is -4.70. The standard InChI is InChI=1S/C9H4ClF3N2O2/c10-3-5-2-8(15(16)17)6(4-14)1-7(5)9(11,12)13/h1-2H,3H2. The Morgan fingerprint density at radius 3 is 2.41 bits per heavy atom. The van der Waals surface area contributed by atoms with Gasteiger partial charge in [-0.1, -0.05) is 0 Å². The van der Waals surface area contributed by atoms with Gasteiger partial charge in [-0.15, -0.1) is 11.6 Å². The Kier molecular flexibility index (Phi) is 3.58. The third-order valence-electron chi connectivity index (χ3n) is 1.99. The lowest BCUT2D eigenvalue weighted by Crippen LogP contribution is -2.10. The van der Waals surface area contributed by atoms with Gasteiger partial charge in [-0.3, -0.25) is 10.1 Å². The topological polar surface area (TPSA) is 66.9 Å². The highest BCUT2D eigenvalue weighted by Gasteiger charge is 2.35. The largest absolute Gasteiger partial charge is 0.416 e. The maximum absolute atomic E-state index is 12.5. The van der Waals surface area contributed by atoms with Crippen molar-refractivity contribution < 1.29 is 18.1 Å². The van der Waals surface area contributed by atoms with Crippen LogP contribution in [0.5, 0.6) is 0 Å². The molecule has 8 heteroatoms. The highest BCUT2D eigenvalue weighted by atomic mass is 35.5. The maximum atomic E-state index is 12.5. The van der Waals surface area contributed by atoms with Crippen molar-refractivity contribution in [1.82, 2.24) is 0 Å². The van der Waals surface area contributed by atoms with Crippen LogP contribution in [0.2, 0.25) is 0 Å². The van der Waals surface area contributed by atoms with Gasteiger partial charge in [-0.2, -0.15) is 18.4 Å². The molecule has 1 rings (SSSR count). The van der Waals surface area contributed by atoms with Gasteiger partial charge >= 0.3 is 6.18 Å². The monoisotopic (exact) mass is 264 g/mol. The number of nitrogens with zero attached hydrogens (tertiary/aromatic N) is 2. The Balaban J connectivity index is 3.56. The van der Waals surface area contributed by atoms with E-state index >= 15 is 0 Å². The first-order valence-electron chi connectivity index (χ1n) is 4.15. The van der Waals surface area contributed by atoms with Crippen molar-refractivity contribution in [1.29, 1.82) is 5.26 Å². The first-order valence-corrected chi connectivity index (χ1v) is 4.69. The number of halogens is 4. The quantitative estimate of drug-likeness (QED) is 0.468. The molecule has 0 aromatic heterocycles. The van der Waals surface area contributed by atoms with Gasteiger partial charge in [0, 0.05) is 11.9 Å². The Morgan fingerprint density at radius 2 is 2.06 bits per heavy atom. The molecule has 0 aliphatic rings.